The largest absolute Gasteiger partial charge is 0.490 e. The van der Waals surface area contributed by atoms with Crippen molar-refractivity contribution in [1.29, 1.82) is 0 Å². The quantitative estimate of drug-likeness (QED) is 0.447. The molecule has 0 bridgehead atoms. The normalized spacial score (nSPS) is 14.6. The van der Waals surface area contributed by atoms with Crippen LogP contribution < -0.4 is 4.74 Å². The lowest BCUT2D eigenvalue weighted by atomic mass is 10.2. The van der Waals surface area contributed by atoms with Crippen molar-refractivity contribution in [2.45, 2.75) is 42.7 Å². The Bertz CT molecular complexity index is 887. The van der Waals surface area contributed by atoms with Gasteiger partial charge in [-0.3, -0.25) is 0 Å². The zero-order valence-electron chi connectivity index (χ0n) is 15.3. The van der Waals surface area contributed by atoms with Gasteiger partial charge in [0.1, 0.15) is 5.75 Å². The molecule has 0 N–H and O–H groups in total. The molecular formula is C21H22BrN3OS. The minimum atomic E-state index is 0.382. The highest BCUT2D eigenvalue weighted by molar-refractivity contribution is 9.10. The van der Waals surface area contributed by atoms with Crippen molar-refractivity contribution in [3.8, 4) is 17.1 Å². The van der Waals surface area contributed by atoms with Gasteiger partial charge in [0.25, 0.3) is 0 Å². The fraction of sp³-hybridized carbons (Fsp3) is 0.333. The fourth-order valence-electron chi connectivity index (χ4n) is 3.30. The Morgan fingerprint density at radius 3 is 2.44 bits per heavy atom. The van der Waals surface area contributed by atoms with Crippen LogP contribution in [0.15, 0.2) is 58.2 Å². The van der Waals surface area contributed by atoms with Gasteiger partial charge in [-0.15, -0.1) is 10.2 Å². The van der Waals surface area contributed by atoms with E-state index in [4.69, 9.17) is 4.74 Å². The molecule has 1 saturated carbocycles. The highest BCUT2D eigenvalue weighted by atomic mass is 79.9. The summed E-state index contributed by atoms with van der Waals surface area (Å²) in [6.45, 7) is 0. The molecule has 0 aliphatic heterocycles. The molecule has 140 valence electrons. The molecule has 1 aromatic heterocycles. The van der Waals surface area contributed by atoms with E-state index in [2.05, 4.69) is 67.1 Å². The second-order valence-electron chi connectivity index (χ2n) is 6.83. The Kier molecular flexibility index (Phi) is 5.83. The predicted molar refractivity (Wildman–Crippen MR) is 113 cm³/mol. The van der Waals surface area contributed by atoms with Crippen LogP contribution in [0.2, 0.25) is 0 Å². The number of hydrogen-bond acceptors (Lipinski definition) is 4. The molecule has 3 aromatic rings. The van der Waals surface area contributed by atoms with Gasteiger partial charge in [-0.1, -0.05) is 39.8 Å². The Morgan fingerprint density at radius 1 is 1.04 bits per heavy atom. The zero-order chi connectivity index (χ0) is 18.6. The fourth-order valence-corrected chi connectivity index (χ4v) is 4.43. The first kappa shape index (κ1) is 18.6. The number of rotatable bonds is 6. The Morgan fingerprint density at radius 2 is 1.74 bits per heavy atom. The minimum absolute atomic E-state index is 0.382. The summed E-state index contributed by atoms with van der Waals surface area (Å²) in [5.41, 5.74) is 2.32. The zero-order valence-corrected chi connectivity index (χ0v) is 17.7. The summed E-state index contributed by atoms with van der Waals surface area (Å²) in [6, 6.07) is 16.6. The monoisotopic (exact) mass is 443 g/mol. The maximum atomic E-state index is 6.05. The van der Waals surface area contributed by atoms with Gasteiger partial charge in [0, 0.05) is 22.8 Å². The van der Waals surface area contributed by atoms with Crippen LogP contribution in [-0.2, 0) is 12.8 Å². The van der Waals surface area contributed by atoms with E-state index in [1.807, 2.05) is 19.2 Å². The third-order valence-corrected chi connectivity index (χ3v) is 6.45. The lowest BCUT2D eigenvalue weighted by molar-refractivity contribution is 0.210. The minimum Gasteiger partial charge on any atom is -0.490 e. The molecule has 0 radical (unpaired) electrons. The van der Waals surface area contributed by atoms with E-state index in [9.17, 15) is 0 Å². The molecule has 2 aromatic carbocycles. The summed E-state index contributed by atoms with van der Waals surface area (Å²) in [5, 5.41) is 9.67. The number of nitrogens with zero attached hydrogens (tertiary/aromatic N) is 3. The first-order valence-electron chi connectivity index (χ1n) is 9.23. The van der Waals surface area contributed by atoms with Crippen molar-refractivity contribution in [3.05, 3.63) is 58.6 Å². The molecule has 0 saturated heterocycles. The third-order valence-electron chi connectivity index (χ3n) is 4.83. The Balaban J connectivity index is 1.42. The van der Waals surface area contributed by atoms with E-state index >= 15 is 0 Å². The molecule has 1 aliphatic carbocycles. The van der Waals surface area contributed by atoms with Crippen LogP contribution in [0.5, 0.6) is 5.75 Å². The van der Waals surface area contributed by atoms with Gasteiger partial charge in [-0.25, -0.2) is 0 Å². The molecule has 0 spiro atoms. The van der Waals surface area contributed by atoms with Gasteiger partial charge < -0.3 is 9.30 Å². The molecule has 0 unspecified atom stereocenters. The Hall–Kier alpha value is -1.79. The molecule has 4 rings (SSSR count). The lowest BCUT2D eigenvalue weighted by Gasteiger charge is -2.13. The number of hydrogen-bond donors (Lipinski definition) is 0. The second-order valence-corrected chi connectivity index (χ2v) is 8.69. The number of halogens is 1. The molecule has 4 nitrogen and oxygen atoms in total. The molecular weight excluding hydrogens is 422 g/mol. The van der Waals surface area contributed by atoms with Gasteiger partial charge in [-0.05, 0) is 67.6 Å². The van der Waals surface area contributed by atoms with Crippen molar-refractivity contribution in [2.75, 3.05) is 0 Å². The average Bonchev–Trinajstić information content (AvgIpc) is 3.32. The van der Waals surface area contributed by atoms with Gasteiger partial charge in [0.2, 0.25) is 0 Å². The Labute approximate surface area is 172 Å². The van der Waals surface area contributed by atoms with Crippen molar-refractivity contribution in [3.63, 3.8) is 0 Å². The lowest BCUT2D eigenvalue weighted by Crippen LogP contribution is -2.10. The van der Waals surface area contributed by atoms with E-state index in [-0.39, 0.29) is 0 Å². The number of benzene rings is 2. The first-order chi connectivity index (χ1) is 13.2. The molecule has 0 amide bonds. The van der Waals surface area contributed by atoms with E-state index in [1.54, 1.807) is 11.8 Å². The summed E-state index contributed by atoms with van der Waals surface area (Å²) >= 11 is 5.16. The summed E-state index contributed by atoms with van der Waals surface area (Å²) in [4.78, 5) is 0. The third kappa shape index (κ3) is 4.55. The number of ether oxygens (including phenoxy) is 1. The van der Waals surface area contributed by atoms with Crippen LogP contribution in [0.25, 0.3) is 11.4 Å². The SMILES string of the molecule is Cn1c(SCc2ccc(Br)cc2)nnc1-c1ccc(OC2CCCC2)cc1. The van der Waals surface area contributed by atoms with Gasteiger partial charge >= 0.3 is 0 Å². The first-order valence-corrected chi connectivity index (χ1v) is 11.0. The molecule has 27 heavy (non-hydrogen) atoms. The van der Waals surface area contributed by atoms with Gasteiger partial charge in [-0.2, -0.15) is 0 Å². The van der Waals surface area contributed by atoms with Gasteiger partial charge in [0.15, 0.2) is 11.0 Å². The van der Waals surface area contributed by atoms with E-state index in [0.717, 1.165) is 32.5 Å². The van der Waals surface area contributed by atoms with Crippen LogP contribution in [0.4, 0.5) is 0 Å². The number of thioether (sulfide) groups is 1. The molecule has 6 heteroatoms. The maximum absolute atomic E-state index is 6.05. The highest BCUT2D eigenvalue weighted by Crippen LogP contribution is 2.28. The van der Waals surface area contributed by atoms with E-state index in [0.29, 0.717) is 6.10 Å². The molecule has 1 heterocycles. The smallest absolute Gasteiger partial charge is 0.191 e. The van der Waals surface area contributed by atoms with Crippen LogP contribution in [0, 0.1) is 0 Å². The summed E-state index contributed by atoms with van der Waals surface area (Å²) in [6.07, 6.45) is 5.28. The molecule has 0 atom stereocenters. The highest BCUT2D eigenvalue weighted by Gasteiger charge is 2.17. The van der Waals surface area contributed by atoms with E-state index in [1.165, 1.54) is 31.2 Å². The van der Waals surface area contributed by atoms with E-state index < -0.39 is 0 Å². The second kappa shape index (κ2) is 8.48. The maximum Gasteiger partial charge on any atom is 0.191 e. The summed E-state index contributed by atoms with van der Waals surface area (Å²) < 4.78 is 9.19. The average molecular weight is 444 g/mol. The predicted octanol–water partition coefficient (Wildman–Crippen LogP) is 5.86. The summed E-state index contributed by atoms with van der Waals surface area (Å²) in [7, 11) is 2.02. The molecule has 1 aliphatic rings. The topological polar surface area (TPSA) is 39.9 Å². The standard InChI is InChI=1S/C21H22BrN3OS/c1-25-20(16-8-12-19(13-9-16)26-18-4-2-3-5-18)23-24-21(25)27-14-15-6-10-17(22)11-7-15/h6-13,18H,2-5,14H2,1H3. The van der Waals surface area contributed by atoms with Gasteiger partial charge in [0.05, 0.1) is 6.10 Å². The summed E-state index contributed by atoms with van der Waals surface area (Å²) in [5.74, 6) is 2.69. The van der Waals surface area contributed by atoms with Crippen molar-refractivity contribution in [1.82, 2.24) is 14.8 Å². The van der Waals surface area contributed by atoms with Crippen LogP contribution >= 0.6 is 27.7 Å². The van der Waals surface area contributed by atoms with Crippen LogP contribution in [-0.4, -0.2) is 20.9 Å². The number of aromatic nitrogens is 3. The van der Waals surface area contributed by atoms with Crippen molar-refractivity contribution in [2.24, 2.45) is 7.05 Å². The van der Waals surface area contributed by atoms with Crippen LogP contribution in [0.1, 0.15) is 31.2 Å². The molecule has 1 fully saturated rings. The van der Waals surface area contributed by atoms with Crippen LogP contribution in [0.3, 0.4) is 0 Å². The van der Waals surface area contributed by atoms with Crippen molar-refractivity contribution < 1.29 is 4.74 Å². The van der Waals surface area contributed by atoms with Crippen molar-refractivity contribution >= 4 is 27.7 Å².